The van der Waals surface area contributed by atoms with E-state index in [4.69, 9.17) is 4.74 Å². The highest BCUT2D eigenvalue weighted by Crippen LogP contribution is 2.24. The summed E-state index contributed by atoms with van der Waals surface area (Å²) in [6.07, 6.45) is 1.76. The average Bonchev–Trinajstić information content (AvgIpc) is 2.42. The van der Waals surface area contributed by atoms with Gasteiger partial charge in [-0.1, -0.05) is 0 Å². The number of hydrogen-bond donors (Lipinski definition) is 1. The van der Waals surface area contributed by atoms with Gasteiger partial charge in [0.1, 0.15) is 11.6 Å². The lowest BCUT2D eigenvalue weighted by molar-refractivity contribution is 0.0848. The number of rotatable bonds is 3. The first-order valence-corrected chi connectivity index (χ1v) is 6.78. The highest BCUT2D eigenvalue weighted by molar-refractivity contribution is 5.97. The molecule has 0 radical (unpaired) electrons. The molecule has 1 saturated heterocycles. The summed E-state index contributed by atoms with van der Waals surface area (Å²) in [5, 5.41) is 3.02. The number of nitrogens with zero attached hydrogens (tertiary/aromatic N) is 1. The topological polar surface area (TPSA) is 41.6 Å². The molecular weight excluding hydrogens is 259 g/mol. The van der Waals surface area contributed by atoms with Crippen LogP contribution in [-0.4, -0.2) is 43.6 Å². The minimum atomic E-state index is -0.440. The van der Waals surface area contributed by atoms with Crippen LogP contribution < -0.4 is 10.1 Å². The third kappa shape index (κ3) is 3.28. The number of amides is 1. The summed E-state index contributed by atoms with van der Waals surface area (Å²) >= 11 is 0. The molecule has 0 aromatic heterocycles. The fourth-order valence-electron chi connectivity index (χ4n) is 2.44. The van der Waals surface area contributed by atoms with Crippen molar-refractivity contribution in [3.8, 4) is 5.75 Å². The Morgan fingerprint density at radius 1 is 1.40 bits per heavy atom. The lowest BCUT2D eigenvalue weighted by Gasteiger charge is -2.38. The van der Waals surface area contributed by atoms with Crippen LogP contribution in [-0.2, 0) is 0 Å². The minimum absolute atomic E-state index is 0.243. The van der Waals surface area contributed by atoms with Gasteiger partial charge in [-0.2, -0.15) is 0 Å². The largest absolute Gasteiger partial charge is 0.496 e. The van der Waals surface area contributed by atoms with Crippen molar-refractivity contribution in [1.82, 2.24) is 10.2 Å². The molecule has 0 bridgehead atoms. The first kappa shape index (κ1) is 14.8. The molecule has 0 unspecified atom stereocenters. The molecule has 1 aromatic carbocycles. The summed E-state index contributed by atoms with van der Waals surface area (Å²) in [5.74, 6) is -0.335. The summed E-state index contributed by atoms with van der Waals surface area (Å²) in [5.41, 5.74) is -0.00589. The lowest BCUT2D eigenvalue weighted by Crippen LogP contribution is -2.52. The number of carbonyl (C=O) groups is 1. The Morgan fingerprint density at radius 2 is 2.05 bits per heavy atom. The van der Waals surface area contributed by atoms with E-state index in [9.17, 15) is 9.18 Å². The summed E-state index contributed by atoms with van der Waals surface area (Å²) in [7, 11) is 3.54. The number of methoxy groups -OCH3 is 1. The molecule has 1 aliphatic heterocycles. The van der Waals surface area contributed by atoms with Crippen LogP contribution in [0.15, 0.2) is 18.2 Å². The van der Waals surface area contributed by atoms with E-state index in [1.54, 1.807) is 0 Å². The lowest BCUT2D eigenvalue weighted by atomic mass is 9.89. The van der Waals surface area contributed by atoms with Crippen LogP contribution in [0.1, 0.15) is 30.1 Å². The molecule has 4 nitrogen and oxygen atoms in total. The zero-order chi connectivity index (χ0) is 14.8. The number of halogens is 1. The molecule has 5 heteroatoms. The molecule has 0 saturated carbocycles. The van der Waals surface area contributed by atoms with E-state index in [1.807, 2.05) is 6.92 Å². The maximum atomic E-state index is 13.3. The number of carbonyl (C=O) groups excluding carboxylic acids is 1. The van der Waals surface area contributed by atoms with E-state index in [0.29, 0.717) is 5.75 Å². The SMILES string of the molecule is COc1ccc(F)cc1C(=O)NC1(C)CCN(C)CC1. The fourth-order valence-corrected chi connectivity index (χ4v) is 2.44. The maximum Gasteiger partial charge on any atom is 0.255 e. The van der Waals surface area contributed by atoms with Crippen molar-refractivity contribution in [2.24, 2.45) is 0 Å². The maximum absolute atomic E-state index is 13.3. The van der Waals surface area contributed by atoms with Crippen molar-refractivity contribution in [2.75, 3.05) is 27.2 Å². The second-order valence-electron chi connectivity index (χ2n) is 5.66. The number of hydrogen-bond acceptors (Lipinski definition) is 3. The Balaban J connectivity index is 2.14. The standard InChI is InChI=1S/C15H21FN2O2/c1-15(6-8-18(2)9-7-15)17-14(19)12-10-11(16)4-5-13(12)20-3/h4-5,10H,6-9H2,1-3H3,(H,17,19). The van der Waals surface area contributed by atoms with Gasteiger partial charge in [-0.3, -0.25) is 4.79 Å². The quantitative estimate of drug-likeness (QED) is 0.921. The van der Waals surface area contributed by atoms with Gasteiger partial charge >= 0.3 is 0 Å². The number of piperidine rings is 1. The fraction of sp³-hybridized carbons (Fsp3) is 0.533. The van der Waals surface area contributed by atoms with E-state index in [-0.39, 0.29) is 17.0 Å². The predicted octanol–water partition coefficient (Wildman–Crippen LogP) is 2.05. The van der Waals surface area contributed by atoms with Gasteiger partial charge in [0.05, 0.1) is 12.7 Å². The number of likely N-dealkylation sites (tertiary alicyclic amines) is 1. The molecule has 20 heavy (non-hydrogen) atoms. The molecule has 2 rings (SSSR count). The summed E-state index contributed by atoms with van der Waals surface area (Å²) in [6.45, 7) is 3.91. The van der Waals surface area contributed by atoms with Crippen LogP contribution >= 0.6 is 0 Å². The third-order valence-electron chi connectivity index (χ3n) is 3.91. The Morgan fingerprint density at radius 3 is 2.65 bits per heavy atom. The first-order valence-electron chi connectivity index (χ1n) is 6.78. The van der Waals surface area contributed by atoms with Crippen LogP contribution in [0.5, 0.6) is 5.75 Å². The van der Waals surface area contributed by atoms with Gasteiger partial charge in [-0.25, -0.2) is 4.39 Å². The summed E-state index contributed by atoms with van der Waals surface area (Å²) in [4.78, 5) is 14.6. The van der Waals surface area contributed by atoms with Gasteiger partial charge in [-0.05, 0) is 45.0 Å². The van der Waals surface area contributed by atoms with E-state index in [1.165, 1.54) is 25.3 Å². The molecule has 1 heterocycles. The van der Waals surface area contributed by atoms with E-state index in [2.05, 4.69) is 17.3 Å². The molecule has 0 spiro atoms. The van der Waals surface area contributed by atoms with Crippen LogP contribution in [0.3, 0.4) is 0 Å². The average molecular weight is 280 g/mol. The molecule has 1 fully saturated rings. The molecule has 1 N–H and O–H groups in total. The van der Waals surface area contributed by atoms with Crippen LogP contribution in [0, 0.1) is 5.82 Å². The Labute approximate surface area is 118 Å². The van der Waals surface area contributed by atoms with Gasteiger partial charge in [-0.15, -0.1) is 0 Å². The Bertz CT molecular complexity index is 497. The van der Waals surface area contributed by atoms with Crippen molar-refractivity contribution in [3.63, 3.8) is 0 Å². The van der Waals surface area contributed by atoms with Gasteiger partial charge in [0.15, 0.2) is 0 Å². The Hall–Kier alpha value is -1.62. The third-order valence-corrected chi connectivity index (χ3v) is 3.91. The molecule has 0 aliphatic carbocycles. The van der Waals surface area contributed by atoms with E-state index < -0.39 is 5.82 Å². The summed E-state index contributed by atoms with van der Waals surface area (Å²) in [6, 6.07) is 3.97. The van der Waals surface area contributed by atoms with Crippen LogP contribution in [0.2, 0.25) is 0 Å². The molecule has 0 atom stereocenters. The van der Waals surface area contributed by atoms with Crippen LogP contribution in [0.4, 0.5) is 4.39 Å². The second-order valence-corrected chi connectivity index (χ2v) is 5.66. The predicted molar refractivity (Wildman–Crippen MR) is 75.6 cm³/mol. The van der Waals surface area contributed by atoms with Gasteiger partial charge in [0, 0.05) is 18.6 Å². The smallest absolute Gasteiger partial charge is 0.255 e. The highest BCUT2D eigenvalue weighted by atomic mass is 19.1. The first-order chi connectivity index (χ1) is 9.43. The molecular formula is C15H21FN2O2. The highest BCUT2D eigenvalue weighted by Gasteiger charge is 2.31. The van der Waals surface area contributed by atoms with E-state index in [0.717, 1.165) is 25.9 Å². The monoisotopic (exact) mass is 280 g/mol. The van der Waals surface area contributed by atoms with E-state index >= 15 is 0 Å². The zero-order valence-electron chi connectivity index (χ0n) is 12.2. The van der Waals surface area contributed by atoms with Crippen molar-refractivity contribution in [3.05, 3.63) is 29.6 Å². The molecule has 110 valence electrons. The zero-order valence-corrected chi connectivity index (χ0v) is 12.2. The van der Waals surface area contributed by atoms with Crippen molar-refractivity contribution in [2.45, 2.75) is 25.3 Å². The normalized spacial score (nSPS) is 18.6. The summed E-state index contributed by atoms with van der Waals surface area (Å²) < 4.78 is 18.5. The minimum Gasteiger partial charge on any atom is -0.496 e. The van der Waals surface area contributed by atoms with Gasteiger partial charge in [0.2, 0.25) is 0 Å². The number of ether oxygens (including phenoxy) is 1. The molecule has 1 amide bonds. The molecule has 1 aliphatic rings. The van der Waals surface area contributed by atoms with Crippen LogP contribution in [0.25, 0.3) is 0 Å². The van der Waals surface area contributed by atoms with Crippen molar-refractivity contribution < 1.29 is 13.9 Å². The van der Waals surface area contributed by atoms with Crippen molar-refractivity contribution >= 4 is 5.91 Å². The number of nitrogens with one attached hydrogen (secondary N) is 1. The Kier molecular flexibility index (Phi) is 4.28. The second kappa shape index (κ2) is 5.79. The van der Waals surface area contributed by atoms with Gasteiger partial charge < -0.3 is 15.0 Å². The van der Waals surface area contributed by atoms with Gasteiger partial charge in [0.25, 0.3) is 5.91 Å². The number of benzene rings is 1. The van der Waals surface area contributed by atoms with Crippen molar-refractivity contribution in [1.29, 1.82) is 0 Å². The molecule has 1 aromatic rings.